The highest BCUT2D eigenvalue weighted by Gasteiger charge is 2.50. The Labute approximate surface area is 212 Å². The van der Waals surface area contributed by atoms with Gasteiger partial charge in [0.2, 0.25) is 0 Å². The summed E-state index contributed by atoms with van der Waals surface area (Å²) in [6, 6.07) is 29.4. The third kappa shape index (κ3) is 6.99. The molecule has 192 valence electrons. The highest BCUT2D eigenvalue weighted by molar-refractivity contribution is 5.15. The maximum absolute atomic E-state index is 10.7. The summed E-state index contributed by atoms with van der Waals surface area (Å²) in [4.78, 5) is 0. The molecule has 7 nitrogen and oxygen atoms in total. The van der Waals surface area contributed by atoms with E-state index < -0.39 is 43.4 Å². The molecule has 0 amide bonds. The van der Waals surface area contributed by atoms with Crippen LogP contribution in [0.3, 0.4) is 0 Å². The smallest absolute Gasteiger partial charge is 0.186 e. The molecule has 0 spiro atoms. The average Bonchev–Trinajstić information content (AvgIpc) is 2.94. The fourth-order valence-corrected chi connectivity index (χ4v) is 4.29. The number of rotatable bonds is 12. The zero-order valence-electron chi connectivity index (χ0n) is 20.4. The van der Waals surface area contributed by atoms with E-state index in [0.717, 1.165) is 16.7 Å². The van der Waals surface area contributed by atoms with Crippen molar-refractivity contribution in [2.75, 3.05) is 13.7 Å². The van der Waals surface area contributed by atoms with E-state index in [4.69, 9.17) is 23.7 Å². The first-order valence-corrected chi connectivity index (χ1v) is 12.1. The lowest BCUT2D eigenvalue weighted by Gasteiger charge is -2.46. The SMILES string of the molecule is CO[C@@H]1O[C@H]([C@@H](O)CO)[C@@H](OCc2ccccc2)[C@H](OCc2ccccc2)[C@@H]1OCc1ccccc1. The molecule has 0 aliphatic carbocycles. The molecule has 1 heterocycles. The summed E-state index contributed by atoms with van der Waals surface area (Å²) in [6.07, 6.45) is -4.95. The second-order valence-corrected chi connectivity index (χ2v) is 8.74. The Bertz CT molecular complexity index is 1000. The van der Waals surface area contributed by atoms with Crippen molar-refractivity contribution in [2.24, 2.45) is 0 Å². The quantitative estimate of drug-likeness (QED) is 0.399. The predicted molar refractivity (Wildman–Crippen MR) is 134 cm³/mol. The lowest BCUT2D eigenvalue weighted by Crippen LogP contribution is -2.63. The molecule has 0 bridgehead atoms. The minimum atomic E-state index is -1.19. The first-order chi connectivity index (χ1) is 17.7. The molecule has 4 rings (SSSR count). The van der Waals surface area contributed by atoms with Gasteiger partial charge in [0, 0.05) is 7.11 Å². The van der Waals surface area contributed by atoms with Gasteiger partial charge in [-0.25, -0.2) is 0 Å². The van der Waals surface area contributed by atoms with Gasteiger partial charge in [-0.3, -0.25) is 0 Å². The minimum absolute atomic E-state index is 0.276. The maximum atomic E-state index is 10.7. The molecular weight excluding hydrogens is 460 g/mol. The Morgan fingerprint density at radius 3 is 1.50 bits per heavy atom. The van der Waals surface area contributed by atoms with Crippen LogP contribution in [0.15, 0.2) is 91.0 Å². The van der Waals surface area contributed by atoms with Crippen molar-refractivity contribution < 1.29 is 33.9 Å². The monoisotopic (exact) mass is 494 g/mol. The molecule has 3 aromatic rings. The van der Waals surface area contributed by atoms with Gasteiger partial charge in [0.1, 0.15) is 30.5 Å². The Balaban J connectivity index is 1.61. The summed E-state index contributed by atoms with van der Waals surface area (Å²) in [5.41, 5.74) is 2.95. The Kier molecular flexibility index (Phi) is 10.0. The molecule has 1 fully saturated rings. The maximum Gasteiger partial charge on any atom is 0.186 e. The van der Waals surface area contributed by atoms with Gasteiger partial charge in [-0.15, -0.1) is 0 Å². The van der Waals surface area contributed by atoms with E-state index in [1.165, 1.54) is 7.11 Å². The molecule has 0 aromatic heterocycles. The van der Waals surface area contributed by atoms with Crippen molar-refractivity contribution in [1.29, 1.82) is 0 Å². The van der Waals surface area contributed by atoms with Gasteiger partial charge in [0.15, 0.2) is 6.29 Å². The predicted octanol–water partition coefficient (Wildman–Crippen LogP) is 3.47. The molecule has 2 N–H and O–H groups in total. The Morgan fingerprint density at radius 2 is 1.08 bits per heavy atom. The molecule has 1 aliphatic rings. The lowest BCUT2D eigenvalue weighted by atomic mass is 9.94. The average molecular weight is 495 g/mol. The van der Waals surface area contributed by atoms with Crippen LogP contribution in [-0.4, -0.2) is 60.7 Å². The van der Waals surface area contributed by atoms with Crippen LogP contribution in [0.4, 0.5) is 0 Å². The molecule has 6 atom stereocenters. The van der Waals surface area contributed by atoms with Crippen LogP contribution in [0.5, 0.6) is 0 Å². The van der Waals surface area contributed by atoms with Crippen molar-refractivity contribution in [2.45, 2.75) is 56.6 Å². The van der Waals surface area contributed by atoms with E-state index in [2.05, 4.69) is 0 Å². The largest absolute Gasteiger partial charge is 0.394 e. The Morgan fingerprint density at radius 1 is 0.667 bits per heavy atom. The minimum Gasteiger partial charge on any atom is -0.394 e. The fraction of sp³-hybridized carbons (Fsp3) is 0.379. The van der Waals surface area contributed by atoms with E-state index in [0.29, 0.717) is 13.2 Å². The number of aliphatic hydroxyl groups excluding tert-OH is 2. The van der Waals surface area contributed by atoms with Crippen molar-refractivity contribution in [3.63, 3.8) is 0 Å². The van der Waals surface area contributed by atoms with Gasteiger partial charge in [0.05, 0.1) is 26.4 Å². The third-order valence-corrected chi connectivity index (χ3v) is 6.19. The molecule has 7 heteroatoms. The van der Waals surface area contributed by atoms with E-state index in [-0.39, 0.29) is 6.61 Å². The highest BCUT2D eigenvalue weighted by Crippen LogP contribution is 2.32. The zero-order valence-corrected chi connectivity index (χ0v) is 20.4. The van der Waals surface area contributed by atoms with Crippen LogP contribution >= 0.6 is 0 Å². The number of aliphatic hydroxyl groups is 2. The molecular formula is C29H34O7. The van der Waals surface area contributed by atoms with Crippen molar-refractivity contribution in [1.82, 2.24) is 0 Å². The van der Waals surface area contributed by atoms with Crippen LogP contribution in [-0.2, 0) is 43.5 Å². The number of hydrogen-bond donors (Lipinski definition) is 2. The van der Waals surface area contributed by atoms with Gasteiger partial charge in [-0.2, -0.15) is 0 Å². The number of methoxy groups -OCH3 is 1. The number of ether oxygens (including phenoxy) is 5. The normalized spacial score (nSPS) is 24.9. The first-order valence-electron chi connectivity index (χ1n) is 12.1. The van der Waals surface area contributed by atoms with Crippen LogP contribution < -0.4 is 0 Å². The van der Waals surface area contributed by atoms with Crippen molar-refractivity contribution >= 4 is 0 Å². The van der Waals surface area contributed by atoms with Crippen LogP contribution in [0.25, 0.3) is 0 Å². The standard InChI is InChI=1S/C29H34O7/c1-32-29-28(35-20-23-15-9-4-10-16-23)27(34-19-22-13-7-3-8-14-22)26(25(36-29)24(31)17-30)33-18-21-11-5-2-6-12-21/h2-16,24-31H,17-20H2,1H3/t24-,25+,26+,27-,28-,29+/m0/s1. The molecule has 0 saturated carbocycles. The molecule has 3 aromatic carbocycles. The molecule has 1 aliphatic heterocycles. The second kappa shape index (κ2) is 13.6. The molecule has 36 heavy (non-hydrogen) atoms. The second-order valence-electron chi connectivity index (χ2n) is 8.74. The summed E-state index contributed by atoms with van der Waals surface area (Å²) in [5, 5.41) is 20.4. The van der Waals surface area contributed by atoms with E-state index in [1.807, 2.05) is 91.0 Å². The summed E-state index contributed by atoms with van der Waals surface area (Å²) >= 11 is 0. The first kappa shape index (κ1) is 26.4. The number of benzene rings is 3. The van der Waals surface area contributed by atoms with Gasteiger partial charge < -0.3 is 33.9 Å². The Hall–Kier alpha value is -2.62. The molecule has 0 unspecified atom stereocenters. The fourth-order valence-electron chi connectivity index (χ4n) is 4.29. The molecule has 1 saturated heterocycles. The van der Waals surface area contributed by atoms with Gasteiger partial charge in [-0.05, 0) is 16.7 Å². The third-order valence-electron chi connectivity index (χ3n) is 6.19. The highest BCUT2D eigenvalue weighted by atomic mass is 16.7. The van der Waals surface area contributed by atoms with Crippen LogP contribution in [0.1, 0.15) is 16.7 Å². The summed E-state index contributed by atoms with van der Waals surface area (Å²) in [7, 11) is 1.52. The van der Waals surface area contributed by atoms with Gasteiger partial charge in [0.25, 0.3) is 0 Å². The van der Waals surface area contributed by atoms with Crippen LogP contribution in [0, 0.1) is 0 Å². The summed E-state index contributed by atoms with van der Waals surface area (Å²) < 4.78 is 30.8. The van der Waals surface area contributed by atoms with Crippen molar-refractivity contribution in [3.05, 3.63) is 108 Å². The van der Waals surface area contributed by atoms with Gasteiger partial charge in [-0.1, -0.05) is 91.0 Å². The van der Waals surface area contributed by atoms with Crippen molar-refractivity contribution in [3.8, 4) is 0 Å². The molecule has 0 radical (unpaired) electrons. The van der Waals surface area contributed by atoms with Crippen LogP contribution in [0.2, 0.25) is 0 Å². The number of hydrogen-bond acceptors (Lipinski definition) is 7. The lowest BCUT2D eigenvalue weighted by molar-refractivity contribution is -0.330. The topological polar surface area (TPSA) is 86.6 Å². The van der Waals surface area contributed by atoms with E-state index in [1.54, 1.807) is 0 Å². The van der Waals surface area contributed by atoms with Gasteiger partial charge >= 0.3 is 0 Å². The summed E-state index contributed by atoms with van der Waals surface area (Å²) in [5.74, 6) is 0. The van der Waals surface area contributed by atoms with E-state index >= 15 is 0 Å². The summed E-state index contributed by atoms with van der Waals surface area (Å²) in [6.45, 7) is 0.407. The van der Waals surface area contributed by atoms with E-state index in [9.17, 15) is 10.2 Å². The zero-order chi connectivity index (χ0) is 25.2.